The highest BCUT2D eigenvalue weighted by atomic mass is 32.2. The first-order chi connectivity index (χ1) is 12.1. The molecule has 0 saturated carbocycles. The Bertz CT molecular complexity index is 1070. The van der Waals surface area contributed by atoms with Crippen LogP contribution in [0.1, 0.15) is 17.0 Å². The highest BCUT2D eigenvalue weighted by molar-refractivity contribution is 8.02. The van der Waals surface area contributed by atoms with Crippen LogP contribution in [0.2, 0.25) is 0 Å². The van der Waals surface area contributed by atoms with Crippen molar-refractivity contribution >= 4 is 28.4 Å². The molecule has 122 valence electrons. The van der Waals surface area contributed by atoms with E-state index >= 15 is 0 Å². The largest absolute Gasteiger partial charge is 0.338 e. The van der Waals surface area contributed by atoms with E-state index in [1.54, 1.807) is 23.9 Å². The maximum atomic E-state index is 10.9. The molecule has 1 aliphatic rings. The molecule has 3 aromatic rings. The van der Waals surface area contributed by atoms with Crippen molar-refractivity contribution in [3.05, 3.63) is 80.8 Å². The van der Waals surface area contributed by atoms with E-state index in [9.17, 15) is 15.4 Å². The second-order valence-corrected chi connectivity index (χ2v) is 6.74. The van der Waals surface area contributed by atoms with E-state index < -0.39 is 4.92 Å². The Labute approximate surface area is 148 Å². The molecule has 0 spiro atoms. The Kier molecular flexibility index (Phi) is 3.59. The first-order valence-electron chi connectivity index (χ1n) is 7.70. The lowest BCUT2D eigenvalue weighted by Crippen LogP contribution is -2.08. The molecule has 0 radical (unpaired) electrons. The smallest absolute Gasteiger partial charge is 0.269 e. The summed E-state index contributed by atoms with van der Waals surface area (Å²) in [5.74, 6) is -0.215. The van der Waals surface area contributed by atoms with Gasteiger partial charge in [0.2, 0.25) is 0 Å². The van der Waals surface area contributed by atoms with Gasteiger partial charge in [-0.15, -0.1) is 0 Å². The number of hydrogen-bond donors (Lipinski definition) is 0. The monoisotopic (exact) mass is 347 g/mol. The topological polar surface area (TPSA) is 71.9 Å². The van der Waals surface area contributed by atoms with Gasteiger partial charge in [-0.25, -0.2) is 0 Å². The highest BCUT2D eigenvalue weighted by Gasteiger charge is 2.31. The number of thioether (sulfide) groups is 1. The van der Waals surface area contributed by atoms with Gasteiger partial charge in [-0.3, -0.25) is 10.1 Å². The minimum Gasteiger partial charge on any atom is -0.338 e. The SMILES string of the molecule is Cn1c2c(c3ccccc31)[C@@H](c1ccc([N+](=O)[O-])cc1)C(C#N)=CS2. The summed E-state index contributed by atoms with van der Waals surface area (Å²) in [7, 11) is 2.02. The summed E-state index contributed by atoms with van der Waals surface area (Å²) in [4.78, 5) is 10.5. The van der Waals surface area contributed by atoms with Crippen molar-refractivity contribution in [2.45, 2.75) is 10.9 Å². The number of allylic oxidation sites excluding steroid dienone is 1. The van der Waals surface area contributed by atoms with Crippen molar-refractivity contribution in [3.63, 3.8) is 0 Å². The van der Waals surface area contributed by atoms with Gasteiger partial charge in [0.1, 0.15) is 0 Å². The predicted octanol–water partition coefficient (Wildman–Crippen LogP) is 4.73. The third kappa shape index (κ3) is 2.32. The number of benzene rings is 2. The zero-order valence-corrected chi connectivity index (χ0v) is 14.2. The Morgan fingerprint density at radius 1 is 1.20 bits per heavy atom. The number of aromatic nitrogens is 1. The molecular formula is C19H13N3O2S. The second-order valence-electron chi connectivity index (χ2n) is 5.88. The summed E-state index contributed by atoms with van der Waals surface area (Å²) < 4.78 is 2.14. The molecule has 0 unspecified atom stereocenters. The number of nitro groups is 1. The summed E-state index contributed by atoms with van der Waals surface area (Å²) in [5.41, 5.74) is 3.80. The van der Waals surface area contributed by atoms with Crippen molar-refractivity contribution in [2.75, 3.05) is 0 Å². The quantitative estimate of drug-likeness (QED) is 0.496. The number of nitro benzene ring substituents is 1. The summed E-state index contributed by atoms with van der Waals surface area (Å²) >= 11 is 1.55. The van der Waals surface area contributed by atoms with Crippen LogP contribution < -0.4 is 0 Å². The number of rotatable bonds is 2. The Morgan fingerprint density at radius 3 is 2.60 bits per heavy atom. The number of fused-ring (bicyclic) bond motifs is 3. The molecule has 25 heavy (non-hydrogen) atoms. The van der Waals surface area contributed by atoms with Crippen LogP contribution in [0.5, 0.6) is 0 Å². The summed E-state index contributed by atoms with van der Waals surface area (Å²) in [6.07, 6.45) is 0. The molecule has 2 aromatic carbocycles. The molecule has 0 N–H and O–H groups in total. The van der Waals surface area contributed by atoms with Gasteiger partial charge in [0.25, 0.3) is 5.69 Å². The van der Waals surface area contributed by atoms with Gasteiger partial charge in [0, 0.05) is 47.1 Å². The van der Waals surface area contributed by atoms with Crippen LogP contribution in [0, 0.1) is 21.4 Å². The standard InChI is InChI=1S/C19H13N3O2S/c1-21-16-5-3-2-4-15(16)18-17(13(10-20)11-25-19(18)21)12-6-8-14(9-7-12)22(23)24/h2-9,11,17H,1H3/t17-/m0/s1. The zero-order chi connectivity index (χ0) is 17.6. The lowest BCUT2D eigenvalue weighted by atomic mass is 9.85. The molecule has 5 nitrogen and oxygen atoms in total. The first kappa shape index (κ1) is 15.5. The number of nitriles is 1. The minimum atomic E-state index is -0.412. The van der Waals surface area contributed by atoms with Gasteiger partial charge in [0.15, 0.2) is 0 Å². The Morgan fingerprint density at radius 2 is 1.92 bits per heavy atom. The van der Waals surface area contributed by atoms with Crippen LogP contribution in [-0.4, -0.2) is 9.49 Å². The maximum Gasteiger partial charge on any atom is 0.269 e. The van der Waals surface area contributed by atoms with Gasteiger partial charge in [-0.1, -0.05) is 42.1 Å². The van der Waals surface area contributed by atoms with Crippen molar-refractivity contribution < 1.29 is 4.92 Å². The van der Waals surface area contributed by atoms with Gasteiger partial charge < -0.3 is 4.57 Å². The molecule has 2 heterocycles. The molecule has 0 bridgehead atoms. The molecule has 1 atom stereocenters. The van der Waals surface area contributed by atoms with E-state index in [0.717, 1.165) is 27.1 Å². The number of aryl methyl sites for hydroxylation is 1. The number of non-ortho nitro benzene ring substituents is 1. The van der Waals surface area contributed by atoms with E-state index in [1.165, 1.54) is 12.1 Å². The Balaban J connectivity index is 1.96. The van der Waals surface area contributed by atoms with Crippen LogP contribution in [0.25, 0.3) is 10.9 Å². The fraction of sp³-hybridized carbons (Fsp3) is 0.105. The predicted molar refractivity (Wildman–Crippen MR) is 97.4 cm³/mol. The van der Waals surface area contributed by atoms with E-state index in [2.05, 4.69) is 22.8 Å². The van der Waals surface area contributed by atoms with Crippen molar-refractivity contribution in [1.82, 2.24) is 4.57 Å². The van der Waals surface area contributed by atoms with E-state index in [1.807, 2.05) is 24.6 Å². The average Bonchev–Trinajstić information content (AvgIpc) is 2.94. The molecule has 1 aliphatic heterocycles. The number of para-hydroxylation sites is 1. The fourth-order valence-corrected chi connectivity index (χ4v) is 4.43. The zero-order valence-electron chi connectivity index (χ0n) is 13.3. The third-order valence-corrected chi connectivity index (χ3v) is 5.64. The van der Waals surface area contributed by atoms with Crippen LogP contribution in [0.15, 0.2) is 64.5 Å². The van der Waals surface area contributed by atoms with Gasteiger partial charge in [0.05, 0.1) is 16.0 Å². The lowest BCUT2D eigenvalue weighted by Gasteiger charge is -2.22. The minimum absolute atomic E-state index is 0.0505. The molecule has 1 aromatic heterocycles. The van der Waals surface area contributed by atoms with Crippen LogP contribution in [0.4, 0.5) is 5.69 Å². The van der Waals surface area contributed by atoms with E-state index in [0.29, 0.717) is 5.57 Å². The summed E-state index contributed by atoms with van der Waals surface area (Å²) in [5, 5.41) is 24.6. The molecule has 0 amide bonds. The van der Waals surface area contributed by atoms with Crippen LogP contribution in [0.3, 0.4) is 0 Å². The molecule has 4 rings (SSSR count). The normalized spacial score (nSPS) is 16.2. The fourth-order valence-electron chi connectivity index (χ4n) is 3.39. The van der Waals surface area contributed by atoms with Crippen LogP contribution in [-0.2, 0) is 7.05 Å². The summed E-state index contributed by atoms with van der Waals surface area (Å²) in [6, 6.07) is 16.9. The third-order valence-electron chi connectivity index (χ3n) is 4.55. The molecule has 0 saturated heterocycles. The number of nitrogens with zero attached hydrogens (tertiary/aromatic N) is 3. The van der Waals surface area contributed by atoms with E-state index in [4.69, 9.17) is 0 Å². The van der Waals surface area contributed by atoms with Crippen molar-refractivity contribution in [3.8, 4) is 6.07 Å². The molecule has 6 heteroatoms. The second kappa shape index (κ2) is 5.80. The van der Waals surface area contributed by atoms with Crippen LogP contribution >= 0.6 is 11.8 Å². The van der Waals surface area contributed by atoms with Gasteiger partial charge in [-0.2, -0.15) is 5.26 Å². The lowest BCUT2D eigenvalue weighted by molar-refractivity contribution is -0.384. The molecule has 0 aliphatic carbocycles. The molecular weight excluding hydrogens is 334 g/mol. The van der Waals surface area contributed by atoms with Gasteiger partial charge in [-0.05, 0) is 17.0 Å². The average molecular weight is 347 g/mol. The van der Waals surface area contributed by atoms with E-state index in [-0.39, 0.29) is 11.6 Å². The van der Waals surface area contributed by atoms with Gasteiger partial charge >= 0.3 is 0 Å². The Hall–Kier alpha value is -3.04. The summed E-state index contributed by atoms with van der Waals surface area (Å²) in [6.45, 7) is 0. The number of hydrogen-bond acceptors (Lipinski definition) is 4. The first-order valence-corrected chi connectivity index (χ1v) is 8.58. The maximum absolute atomic E-state index is 10.9. The highest BCUT2D eigenvalue weighted by Crippen LogP contribution is 2.47. The molecule has 0 fully saturated rings. The van der Waals surface area contributed by atoms with Crippen molar-refractivity contribution in [1.29, 1.82) is 5.26 Å². The van der Waals surface area contributed by atoms with Crippen molar-refractivity contribution in [2.24, 2.45) is 7.05 Å².